The highest BCUT2D eigenvalue weighted by Crippen LogP contribution is 2.20. The lowest BCUT2D eigenvalue weighted by Gasteiger charge is -2.29. The maximum atomic E-state index is 13.7. The Morgan fingerprint density at radius 2 is 1.72 bits per heavy atom. The molecule has 0 bridgehead atoms. The molecule has 10 heteroatoms. The second-order valence-corrected chi connectivity index (χ2v) is 10.3. The van der Waals surface area contributed by atoms with Gasteiger partial charge in [-0.15, -0.1) is 0 Å². The summed E-state index contributed by atoms with van der Waals surface area (Å²) in [5.41, 5.74) is 7.80. The van der Waals surface area contributed by atoms with Crippen LogP contribution in [0.4, 0.5) is 0 Å². The molecule has 4 amide bonds. The molecule has 0 spiro atoms. The summed E-state index contributed by atoms with van der Waals surface area (Å²) >= 11 is 0. The quantitative estimate of drug-likeness (QED) is 0.368. The lowest BCUT2D eigenvalue weighted by Crippen LogP contribution is -2.58. The molecule has 208 valence electrons. The van der Waals surface area contributed by atoms with Gasteiger partial charge >= 0.3 is 0 Å². The normalized spacial score (nSPS) is 23.4. The number of benzene rings is 2. The largest absolute Gasteiger partial charge is 0.508 e. The van der Waals surface area contributed by atoms with E-state index >= 15 is 0 Å². The van der Waals surface area contributed by atoms with Crippen LogP contribution >= 0.6 is 0 Å². The smallest absolute Gasteiger partial charge is 0.246 e. The van der Waals surface area contributed by atoms with Crippen LogP contribution in [-0.2, 0) is 32.0 Å². The number of carbonyl (C=O) groups is 4. The number of aromatic hydroxyl groups is 1. The van der Waals surface area contributed by atoms with Gasteiger partial charge in [0.1, 0.15) is 23.9 Å². The van der Waals surface area contributed by atoms with Crippen LogP contribution in [0.1, 0.15) is 43.2 Å². The molecule has 0 aromatic heterocycles. The zero-order valence-corrected chi connectivity index (χ0v) is 22.0. The summed E-state index contributed by atoms with van der Waals surface area (Å²) in [5, 5.41) is 18.1. The molecular formula is C29H37N5O5. The first-order valence-electron chi connectivity index (χ1n) is 13.6. The number of nitrogens with zero attached hydrogens (tertiary/aromatic N) is 1. The lowest BCUT2D eigenvalue weighted by molar-refractivity contribution is -0.141. The molecule has 2 aliphatic rings. The van der Waals surface area contributed by atoms with Crippen LogP contribution < -0.4 is 21.7 Å². The second-order valence-electron chi connectivity index (χ2n) is 10.3. The van der Waals surface area contributed by atoms with E-state index in [-0.39, 0.29) is 30.4 Å². The third-order valence-electron chi connectivity index (χ3n) is 7.32. The Kier molecular flexibility index (Phi) is 9.54. The fraction of sp³-hybridized carbons (Fsp3) is 0.448. The van der Waals surface area contributed by atoms with E-state index in [1.165, 1.54) is 12.1 Å². The zero-order chi connectivity index (χ0) is 27.8. The number of phenols is 1. The molecule has 0 aliphatic carbocycles. The van der Waals surface area contributed by atoms with Crippen molar-refractivity contribution in [2.75, 3.05) is 13.1 Å². The summed E-state index contributed by atoms with van der Waals surface area (Å²) < 4.78 is 0. The van der Waals surface area contributed by atoms with Gasteiger partial charge in [0.15, 0.2) is 0 Å². The first kappa shape index (κ1) is 28.1. The fourth-order valence-corrected chi connectivity index (χ4v) is 5.15. The lowest BCUT2D eigenvalue weighted by atomic mass is 10.0. The Balaban J connectivity index is 1.52. The maximum absolute atomic E-state index is 13.7. The number of nitrogens with two attached hydrogens (primary N) is 1. The van der Waals surface area contributed by atoms with Gasteiger partial charge in [-0.05, 0) is 61.8 Å². The first-order valence-corrected chi connectivity index (χ1v) is 13.6. The van der Waals surface area contributed by atoms with Crippen LogP contribution in [0.3, 0.4) is 0 Å². The molecule has 4 rings (SSSR count). The van der Waals surface area contributed by atoms with E-state index in [9.17, 15) is 24.3 Å². The van der Waals surface area contributed by atoms with Crippen LogP contribution in [0, 0.1) is 0 Å². The number of hydrogen-bond donors (Lipinski definition) is 5. The van der Waals surface area contributed by atoms with Crippen molar-refractivity contribution < 1.29 is 24.3 Å². The van der Waals surface area contributed by atoms with Gasteiger partial charge in [0, 0.05) is 19.5 Å². The van der Waals surface area contributed by atoms with Crippen molar-refractivity contribution in [3.63, 3.8) is 0 Å². The number of amides is 4. The van der Waals surface area contributed by atoms with Gasteiger partial charge in [-0.3, -0.25) is 19.2 Å². The van der Waals surface area contributed by atoms with Crippen LogP contribution in [-0.4, -0.2) is 70.9 Å². The van der Waals surface area contributed by atoms with E-state index in [1.807, 2.05) is 30.3 Å². The monoisotopic (exact) mass is 535 g/mol. The van der Waals surface area contributed by atoms with E-state index < -0.39 is 36.0 Å². The summed E-state index contributed by atoms with van der Waals surface area (Å²) in [7, 11) is 0. The molecule has 10 nitrogen and oxygen atoms in total. The minimum atomic E-state index is -0.904. The number of phenolic OH excluding ortho intramolecular Hbond substituents is 1. The molecule has 2 fully saturated rings. The van der Waals surface area contributed by atoms with Crippen molar-refractivity contribution in [1.82, 2.24) is 20.9 Å². The molecule has 2 aromatic rings. The fourth-order valence-electron chi connectivity index (χ4n) is 5.15. The van der Waals surface area contributed by atoms with Crippen molar-refractivity contribution in [2.24, 2.45) is 5.73 Å². The Morgan fingerprint density at radius 1 is 0.974 bits per heavy atom. The van der Waals surface area contributed by atoms with Gasteiger partial charge in [0.2, 0.25) is 23.6 Å². The summed E-state index contributed by atoms with van der Waals surface area (Å²) in [5.74, 6) is -1.29. The van der Waals surface area contributed by atoms with Crippen LogP contribution in [0.2, 0.25) is 0 Å². The highest BCUT2D eigenvalue weighted by atomic mass is 16.3. The molecule has 0 unspecified atom stereocenters. The van der Waals surface area contributed by atoms with E-state index in [4.69, 9.17) is 5.73 Å². The Morgan fingerprint density at radius 3 is 2.46 bits per heavy atom. The molecule has 2 saturated heterocycles. The Bertz CT molecular complexity index is 1160. The van der Waals surface area contributed by atoms with Gasteiger partial charge in [0.25, 0.3) is 0 Å². The number of rotatable bonds is 6. The number of carbonyl (C=O) groups excluding carboxylic acids is 4. The predicted octanol–water partition coefficient (Wildman–Crippen LogP) is 0.765. The number of nitrogens with one attached hydrogen (secondary N) is 3. The second kappa shape index (κ2) is 13.2. The Labute approximate surface area is 228 Å². The zero-order valence-electron chi connectivity index (χ0n) is 22.0. The number of hydrogen-bond acceptors (Lipinski definition) is 6. The molecular weight excluding hydrogens is 498 g/mol. The average molecular weight is 536 g/mol. The highest BCUT2D eigenvalue weighted by Gasteiger charge is 2.38. The molecule has 39 heavy (non-hydrogen) atoms. The van der Waals surface area contributed by atoms with E-state index in [1.54, 1.807) is 17.0 Å². The van der Waals surface area contributed by atoms with Crippen molar-refractivity contribution in [3.05, 3.63) is 65.7 Å². The topological polar surface area (TPSA) is 154 Å². The summed E-state index contributed by atoms with van der Waals surface area (Å²) in [6, 6.07) is 12.6. The molecule has 6 N–H and O–H groups in total. The first-order chi connectivity index (χ1) is 18.8. The van der Waals surface area contributed by atoms with Crippen LogP contribution in [0.15, 0.2) is 54.6 Å². The molecule has 0 radical (unpaired) electrons. The minimum absolute atomic E-state index is 0.119. The van der Waals surface area contributed by atoms with E-state index in [0.29, 0.717) is 45.2 Å². The molecule has 2 aliphatic heterocycles. The molecule has 2 aromatic carbocycles. The predicted molar refractivity (Wildman–Crippen MR) is 145 cm³/mol. The maximum Gasteiger partial charge on any atom is 0.246 e. The van der Waals surface area contributed by atoms with Gasteiger partial charge < -0.3 is 31.7 Å². The van der Waals surface area contributed by atoms with Crippen molar-refractivity contribution >= 4 is 23.6 Å². The minimum Gasteiger partial charge on any atom is -0.508 e. The van der Waals surface area contributed by atoms with Gasteiger partial charge in [-0.1, -0.05) is 42.5 Å². The van der Waals surface area contributed by atoms with Gasteiger partial charge in [0.05, 0.1) is 6.04 Å². The van der Waals surface area contributed by atoms with Gasteiger partial charge in [-0.2, -0.15) is 0 Å². The SMILES string of the molecule is N[C@@H](Cc1ccc(O)cc1)C(=O)N[C@@H]1CCCCNC(=O)[C@H]2CCCN2C(=O)[C@H](Cc2ccccc2)NC1=O. The summed E-state index contributed by atoms with van der Waals surface area (Å²) in [4.78, 5) is 54.6. The average Bonchev–Trinajstić information content (AvgIpc) is 3.43. The van der Waals surface area contributed by atoms with Crippen LogP contribution in [0.25, 0.3) is 0 Å². The van der Waals surface area contributed by atoms with E-state index in [2.05, 4.69) is 16.0 Å². The van der Waals surface area contributed by atoms with Crippen LogP contribution in [0.5, 0.6) is 5.75 Å². The number of fused-ring (bicyclic) bond motifs is 1. The van der Waals surface area contributed by atoms with E-state index in [0.717, 1.165) is 11.1 Å². The van der Waals surface area contributed by atoms with Gasteiger partial charge in [-0.25, -0.2) is 0 Å². The highest BCUT2D eigenvalue weighted by molar-refractivity contribution is 5.95. The molecule has 4 atom stereocenters. The summed E-state index contributed by atoms with van der Waals surface area (Å²) in [6.45, 7) is 0.873. The van der Waals surface area contributed by atoms with Crippen molar-refractivity contribution in [2.45, 2.75) is 69.1 Å². The third-order valence-corrected chi connectivity index (χ3v) is 7.32. The standard InChI is InChI=1S/C29H37N5O5/c30-22(17-20-11-13-21(35)14-12-20)26(36)32-23-9-4-5-15-31-28(38)25-10-6-16-34(25)29(39)24(33-27(23)37)18-19-7-2-1-3-8-19/h1-3,7-8,11-14,22-25,35H,4-6,9-10,15-18,30H2,(H,31,38)(H,32,36)(H,33,37)/t22-,23+,24-,25+/m0/s1. The van der Waals surface area contributed by atoms with Crippen molar-refractivity contribution in [3.8, 4) is 5.75 Å². The Hall–Kier alpha value is -3.92. The molecule has 2 heterocycles. The third kappa shape index (κ3) is 7.57. The summed E-state index contributed by atoms with van der Waals surface area (Å²) in [6.07, 6.45) is 3.33. The van der Waals surface area contributed by atoms with Crippen molar-refractivity contribution in [1.29, 1.82) is 0 Å². The molecule has 0 saturated carbocycles.